The van der Waals surface area contributed by atoms with Crippen LogP contribution in [0.2, 0.25) is 5.02 Å². The van der Waals surface area contributed by atoms with E-state index in [0.717, 1.165) is 10.4 Å². The summed E-state index contributed by atoms with van der Waals surface area (Å²) in [5.74, 6) is -0.551. The Balaban J connectivity index is 1.76. The molecule has 1 heterocycles. The lowest BCUT2D eigenvalue weighted by atomic mass is 10.0. The number of hydrogen-bond acceptors (Lipinski definition) is 4. The second-order valence-corrected chi connectivity index (χ2v) is 7.59. The molecule has 138 valence electrons. The first kappa shape index (κ1) is 19.1. The molecule has 0 aliphatic carbocycles. The minimum absolute atomic E-state index is 0.0822. The van der Waals surface area contributed by atoms with Gasteiger partial charge in [0.15, 0.2) is 5.13 Å². The van der Waals surface area contributed by atoms with Crippen molar-refractivity contribution in [3.8, 4) is 0 Å². The van der Waals surface area contributed by atoms with E-state index in [2.05, 4.69) is 15.6 Å². The fourth-order valence-corrected chi connectivity index (χ4v) is 3.49. The predicted molar refractivity (Wildman–Crippen MR) is 108 cm³/mol. The number of carbonyl (C=O) groups is 2. The van der Waals surface area contributed by atoms with Crippen LogP contribution in [0.25, 0.3) is 0 Å². The van der Waals surface area contributed by atoms with E-state index in [1.165, 1.54) is 11.3 Å². The van der Waals surface area contributed by atoms with E-state index in [9.17, 15) is 9.59 Å². The van der Waals surface area contributed by atoms with Crippen LogP contribution >= 0.6 is 22.9 Å². The van der Waals surface area contributed by atoms with Gasteiger partial charge in [-0.1, -0.05) is 54.1 Å². The lowest BCUT2D eigenvalue weighted by molar-refractivity contribution is -0.116. The van der Waals surface area contributed by atoms with Gasteiger partial charge in [-0.25, -0.2) is 4.98 Å². The molecule has 0 unspecified atom stereocenters. The number of nitrogens with one attached hydrogen (secondary N) is 2. The van der Waals surface area contributed by atoms with Gasteiger partial charge in [-0.15, -0.1) is 11.3 Å². The van der Waals surface area contributed by atoms with Gasteiger partial charge in [-0.3, -0.25) is 9.59 Å². The van der Waals surface area contributed by atoms with Crippen molar-refractivity contribution in [2.75, 3.05) is 5.32 Å². The summed E-state index contributed by atoms with van der Waals surface area (Å²) in [5.41, 5.74) is 1.21. The molecular formula is C20H18ClN3O2S. The van der Waals surface area contributed by atoms with E-state index < -0.39 is 6.04 Å². The molecule has 2 N–H and O–H groups in total. The van der Waals surface area contributed by atoms with Crippen LogP contribution in [0.3, 0.4) is 0 Å². The summed E-state index contributed by atoms with van der Waals surface area (Å²) in [5, 5.41) is 6.60. The predicted octanol–water partition coefficient (Wildman–Crippen LogP) is 4.60. The molecule has 0 fully saturated rings. The van der Waals surface area contributed by atoms with Gasteiger partial charge in [0.1, 0.15) is 0 Å². The summed E-state index contributed by atoms with van der Waals surface area (Å²) in [6, 6.07) is 15.7. The van der Waals surface area contributed by atoms with Gasteiger partial charge in [0.25, 0.3) is 5.91 Å². The van der Waals surface area contributed by atoms with Crippen molar-refractivity contribution in [2.24, 2.45) is 0 Å². The van der Waals surface area contributed by atoms with Crippen LogP contribution in [0.4, 0.5) is 5.13 Å². The van der Waals surface area contributed by atoms with Crippen molar-refractivity contribution in [3.63, 3.8) is 0 Å². The van der Waals surface area contributed by atoms with E-state index in [0.29, 0.717) is 15.7 Å². The molecule has 2 amide bonds. The van der Waals surface area contributed by atoms with Crippen LogP contribution in [-0.2, 0) is 4.79 Å². The number of thiazole rings is 1. The molecule has 0 radical (unpaired) electrons. The van der Waals surface area contributed by atoms with Crippen molar-refractivity contribution in [2.45, 2.75) is 19.4 Å². The molecule has 7 heteroatoms. The van der Waals surface area contributed by atoms with Gasteiger partial charge in [-0.05, 0) is 24.6 Å². The maximum Gasteiger partial charge on any atom is 0.253 e. The maximum atomic E-state index is 12.7. The lowest BCUT2D eigenvalue weighted by Crippen LogP contribution is -2.31. The number of carbonyl (C=O) groups excluding carboxylic acids is 2. The first-order chi connectivity index (χ1) is 13.0. The minimum atomic E-state index is -0.490. The quantitative estimate of drug-likeness (QED) is 0.636. The summed E-state index contributed by atoms with van der Waals surface area (Å²) in [6.07, 6.45) is 1.78. The first-order valence-corrected chi connectivity index (χ1v) is 9.55. The molecule has 3 aromatic rings. The number of nitrogens with zero attached hydrogens (tertiary/aromatic N) is 1. The van der Waals surface area contributed by atoms with Crippen LogP contribution < -0.4 is 10.6 Å². The molecule has 0 saturated carbocycles. The van der Waals surface area contributed by atoms with E-state index >= 15 is 0 Å². The highest BCUT2D eigenvalue weighted by molar-refractivity contribution is 7.15. The number of hydrogen-bond donors (Lipinski definition) is 2. The van der Waals surface area contributed by atoms with Crippen molar-refractivity contribution in [1.29, 1.82) is 0 Å². The van der Waals surface area contributed by atoms with Crippen LogP contribution in [0, 0.1) is 6.92 Å². The number of rotatable bonds is 6. The smallest absolute Gasteiger partial charge is 0.253 e. The van der Waals surface area contributed by atoms with Gasteiger partial charge >= 0.3 is 0 Å². The molecule has 2 aromatic carbocycles. The number of aromatic nitrogens is 1. The van der Waals surface area contributed by atoms with Crippen LogP contribution in [0.1, 0.15) is 33.3 Å². The van der Waals surface area contributed by atoms with Gasteiger partial charge in [0.05, 0.1) is 23.0 Å². The number of benzene rings is 2. The fourth-order valence-electron chi connectivity index (χ4n) is 2.59. The Bertz CT molecular complexity index is 943. The molecular weight excluding hydrogens is 382 g/mol. The van der Waals surface area contributed by atoms with Gasteiger partial charge < -0.3 is 10.6 Å². The zero-order chi connectivity index (χ0) is 19.2. The summed E-state index contributed by atoms with van der Waals surface area (Å²) < 4.78 is 0. The molecule has 0 aliphatic heterocycles. The van der Waals surface area contributed by atoms with Crippen LogP contribution in [0.15, 0.2) is 60.8 Å². The second-order valence-electron chi connectivity index (χ2n) is 5.94. The average molecular weight is 400 g/mol. The Morgan fingerprint density at radius 3 is 2.48 bits per heavy atom. The van der Waals surface area contributed by atoms with E-state index in [1.807, 2.05) is 37.3 Å². The highest BCUT2D eigenvalue weighted by Crippen LogP contribution is 2.22. The normalized spacial score (nSPS) is 11.6. The van der Waals surface area contributed by atoms with Crippen molar-refractivity contribution >= 4 is 39.9 Å². The number of anilines is 1. The highest BCUT2D eigenvalue weighted by atomic mass is 35.5. The summed E-state index contributed by atoms with van der Waals surface area (Å²) in [7, 11) is 0. The zero-order valence-electron chi connectivity index (χ0n) is 14.6. The first-order valence-electron chi connectivity index (χ1n) is 8.35. The average Bonchev–Trinajstić information content (AvgIpc) is 3.06. The third-order valence-electron chi connectivity index (χ3n) is 3.88. The number of aryl methyl sites for hydroxylation is 1. The number of halogens is 1. The molecule has 5 nitrogen and oxygen atoms in total. The Hall–Kier alpha value is -2.70. The monoisotopic (exact) mass is 399 g/mol. The van der Waals surface area contributed by atoms with Gasteiger partial charge in [0.2, 0.25) is 5.91 Å². The second kappa shape index (κ2) is 8.79. The SMILES string of the molecule is Cc1cnc(NC(=O)C[C@H](NC(=O)c2ccccc2Cl)c2ccccc2)s1. The van der Waals surface area contributed by atoms with Crippen LogP contribution in [0.5, 0.6) is 0 Å². The molecule has 0 bridgehead atoms. The van der Waals surface area contributed by atoms with Crippen LogP contribution in [-0.4, -0.2) is 16.8 Å². The summed E-state index contributed by atoms with van der Waals surface area (Å²) >= 11 is 7.52. The van der Waals surface area contributed by atoms with Crippen molar-refractivity contribution in [1.82, 2.24) is 10.3 Å². The zero-order valence-corrected chi connectivity index (χ0v) is 16.2. The molecule has 1 aromatic heterocycles. The van der Waals surface area contributed by atoms with E-state index in [4.69, 9.17) is 11.6 Å². The van der Waals surface area contributed by atoms with Gasteiger partial charge in [-0.2, -0.15) is 0 Å². The largest absolute Gasteiger partial charge is 0.345 e. The minimum Gasteiger partial charge on any atom is -0.345 e. The Kier molecular flexibility index (Phi) is 6.21. The maximum absolute atomic E-state index is 12.7. The summed E-state index contributed by atoms with van der Waals surface area (Å²) in [4.78, 5) is 30.3. The molecule has 0 aliphatic rings. The highest BCUT2D eigenvalue weighted by Gasteiger charge is 2.21. The summed E-state index contributed by atoms with van der Waals surface area (Å²) in [6.45, 7) is 1.92. The van der Waals surface area contributed by atoms with Crippen molar-refractivity contribution in [3.05, 3.63) is 81.8 Å². The van der Waals surface area contributed by atoms with Crippen molar-refractivity contribution < 1.29 is 9.59 Å². The fraction of sp³-hybridized carbons (Fsp3) is 0.150. The molecule has 0 spiro atoms. The third kappa shape index (κ3) is 5.15. The Morgan fingerprint density at radius 1 is 1.11 bits per heavy atom. The van der Waals surface area contributed by atoms with Gasteiger partial charge in [0, 0.05) is 11.1 Å². The van der Waals surface area contributed by atoms with E-state index in [1.54, 1.807) is 30.5 Å². The topological polar surface area (TPSA) is 71.1 Å². The Labute approximate surface area is 166 Å². The molecule has 0 saturated heterocycles. The lowest BCUT2D eigenvalue weighted by Gasteiger charge is -2.19. The number of amides is 2. The molecule has 27 heavy (non-hydrogen) atoms. The standard InChI is InChI=1S/C20H18ClN3O2S/c1-13-12-22-20(27-13)24-18(25)11-17(14-7-3-2-4-8-14)23-19(26)15-9-5-6-10-16(15)21/h2-10,12,17H,11H2,1H3,(H,23,26)(H,22,24,25)/t17-/m0/s1. The van der Waals surface area contributed by atoms with E-state index in [-0.39, 0.29) is 18.2 Å². The molecule has 3 rings (SSSR count). The molecule has 1 atom stereocenters. The third-order valence-corrected chi connectivity index (χ3v) is 5.04. The Morgan fingerprint density at radius 2 is 1.81 bits per heavy atom.